The summed E-state index contributed by atoms with van der Waals surface area (Å²) in [7, 11) is 3.06. The summed E-state index contributed by atoms with van der Waals surface area (Å²) < 4.78 is 0. The maximum absolute atomic E-state index is 8.79. The molecule has 0 radical (unpaired) electrons. The third-order valence-electron chi connectivity index (χ3n) is 0.970. The number of aliphatic hydroxyl groups is 1. The lowest BCUT2D eigenvalue weighted by Gasteiger charge is -2.18. The van der Waals surface area contributed by atoms with Crippen molar-refractivity contribution in [2.45, 2.75) is 0 Å². The molecule has 6 heteroatoms. The Labute approximate surface area is 52.2 Å². The predicted molar refractivity (Wildman–Crippen MR) is 29.8 cm³/mol. The van der Waals surface area contributed by atoms with Gasteiger partial charge in [0.25, 0.3) is 0 Å². The summed E-state index contributed by atoms with van der Waals surface area (Å²) in [5.41, 5.74) is 2.38. The van der Waals surface area contributed by atoms with Gasteiger partial charge in [0.15, 0.2) is 0 Å². The minimum Gasteiger partial charge on any atom is -0.478 e. The number of aliphatic hydroxyl groups excluding tert-OH is 1. The summed E-state index contributed by atoms with van der Waals surface area (Å²) >= 11 is 0. The predicted octanol–water partition coefficient (Wildman–Crippen LogP) is -0.956. The van der Waals surface area contributed by atoms with E-state index in [-0.39, 0.29) is 6.02 Å². The molecule has 0 spiro atoms. The van der Waals surface area contributed by atoms with Crippen molar-refractivity contribution in [3.8, 4) is 0 Å². The summed E-state index contributed by atoms with van der Waals surface area (Å²) in [4.78, 5) is 4.67. The lowest BCUT2D eigenvalue weighted by Crippen LogP contribution is -2.41. The average molecular weight is 132 g/mol. The summed E-state index contributed by atoms with van der Waals surface area (Å²) in [5.74, 6) is 0. The number of hydrogen-bond acceptors (Lipinski definition) is 5. The first kappa shape index (κ1) is 6.12. The topological polar surface area (TPSA) is 60.3 Å². The van der Waals surface area contributed by atoms with E-state index in [1.807, 2.05) is 0 Å². The van der Waals surface area contributed by atoms with Gasteiger partial charge in [-0.15, -0.1) is 5.10 Å². The summed E-state index contributed by atoms with van der Waals surface area (Å²) in [5, 5.41) is 14.7. The van der Waals surface area contributed by atoms with Crippen LogP contribution in [0.1, 0.15) is 0 Å². The standard InChI is InChI=1S/C3H8N4O2/c1-6-3(8)4-5-7(6)9-2/h5H,1-2H3,(H,4,8). The molecule has 0 atom stereocenters. The first-order chi connectivity index (χ1) is 4.25. The van der Waals surface area contributed by atoms with Crippen molar-refractivity contribution < 1.29 is 9.94 Å². The zero-order valence-corrected chi connectivity index (χ0v) is 5.20. The molecule has 0 saturated carbocycles. The summed E-state index contributed by atoms with van der Waals surface area (Å²) in [6, 6.07) is -0.128. The minimum atomic E-state index is -0.128. The van der Waals surface area contributed by atoms with E-state index in [9.17, 15) is 0 Å². The molecule has 0 aromatic carbocycles. The van der Waals surface area contributed by atoms with Gasteiger partial charge in [-0.2, -0.15) is 5.53 Å². The van der Waals surface area contributed by atoms with Crippen molar-refractivity contribution in [3.05, 3.63) is 0 Å². The average Bonchev–Trinajstić information content (AvgIpc) is 2.15. The van der Waals surface area contributed by atoms with Crippen LogP contribution in [-0.2, 0) is 4.84 Å². The molecular formula is C3H8N4O2. The van der Waals surface area contributed by atoms with Gasteiger partial charge >= 0.3 is 6.02 Å². The van der Waals surface area contributed by atoms with Gasteiger partial charge < -0.3 is 5.11 Å². The van der Waals surface area contributed by atoms with Gasteiger partial charge in [-0.3, -0.25) is 4.84 Å². The van der Waals surface area contributed by atoms with Crippen LogP contribution >= 0.6 is 0 Å². The fourth-order valence-corrected chi connectivity index (χ4v) is 0.471. The first-order valence-electron chi connectivity index (χ1n) is 2.36. The Morgan fingerprint density at radius 2 is 2.44 bits per heavy atom. The van der Waals surface area contributed by atoms with E-state index in [1.54, 1.807) is 7.05 Å². The molecule has 0 bridgehead atoms. The second-order valence-electron chi connectivity index (χ2n) is 1.49. The normalized spacial score (nSPS) is 19.8. The van der Waals surface area contributed by atoms with Crippen molar-refractivity contribution in [1.29, 1.82) is 0 Å². The Hall–Kier alpha value is -1.01. The monoisotopic (exact) mass is 132 g/mol. The lowest BCUT2D eigenvalue weighted by atomic mass is 11.0. The molecule has 0 saturated heterocycles. The van der Waals surface area contributed by atoms with Crippen molar-refractivity contribution in [1.82, 2.24) is 15.8 Å². The van der Waals surface area contributed by atoms with E-state index >= 15 is 0 Å². The van der Waals surface area contributed by atoms with Crippen LogP contribution in [-0.4, -0.2) is 35.6 Å². The highest BCUT2D eigenvalue weighted by atomic mass is 16.8. The fourth-order valence-electron chi connectivity index (χ4n) is 0.471. The van der Waals surface area contributed by atoms with Crippen LogP contribution in [0.25, 0.3) is 0 Å². The molecule has 52 valence electrons. The number of nitrogens with zero attached hydrogens (tertiary/aromatic N) is 3. The molecule has 9 heavy (non-hydrogen) atoms. The molecular weight excluding hydrogens is 124 g/mol. The number of hydrogen-bond donors (Lipinski definition) is 2. The smallest absolute Gasteiger partial charge is 0.326 e. The number of nitrogens with one attached hydrogen (secondary N) is 1. The molecule has 0 aliphatic carbocycles. The van der Waals surface area contributed by atoms with Crippen molar-refractivity contribution in [2.75, 3.05) is 14.2 Å². The maximum Gasteiger partial charge on any atom is 0.326 e. The van der Waals surface area contributed by atoms with Gasteiger partial charge in [-0.25, -0.2) is 5.01 Å². The van der Waals surface area contributed by atoms with Gasteiger partial charge in [0, 0.05) is 12.3 Å². The second-order valence-corrected chi connectivity index (χ2v) is 1.49. The number of hydrazine groups is 2. The van der Waals surface area contributed by atoms with Gasteiger partial charge in [0.1, 0.15) is 0 Å². The van der Waals surface area contributed by atoms with Crippen molar-refractivity contribution in [2.24, 2.45) is 5.10 Å². The van der Waals surface area contributed by atoms with Gasteiger partial charge in [0.05, 0.1) is 7.11 Å². The maximum atomic E-state index is 8.79. The quantitative estimate of drug-likeness (QED) is 0.481. The van der Waals surface area contributed by atoms with Crippen LogP contribution in [0.5, 0.6) is 0 Å². The molecule has 0 amide bonds. The Morgan fingerprint density at radius 3 is 2.67 bits per heavy atom. The van der Waals surface area contributed by atoms with Gasteiger partial charge in [-0.05, 0) is 0 Å². The highest BCUT2D eigenvalue weighted by Gasteiger charge is 2.19. The molecule has 6 nitrogen and oxygen atoms in total. The molecule has 0 aromatic heterocycles. The number of rotatable bonds is 1. The van der Waals surface area contributed by atoms with Crippen LogP contribution in [0.15, 0.2) is 5.10 Å². The largest absolute Gasteiger partial charge is 0.478 e. The van der Waals surface area contributed by atoms with Crippen LogP contribution in [0.2, 0.25) is 0 Å². The highest BCUT2D eigenvalue weighted by Crippen LogP contribution is 1.97. The van der Waals surface area contributed by atoms with Gasteiger partial charge in [0.2, 0.25) is 0 Å². The Balaban J connectivity index is 2.51. The van der Waals surface area contributed by atoms with Crippen molar-refractivity contribution >= 4 is 6.02 Å². The van der Waals surface area contributed by atoms with Crippen LogP contribution < -0.4 is 5.53 Å². The molecule has 1 aliphatic rings. The Kier molecular flexibility index (Phi) is 1.41. The molecule has 0 fully saturated rings. The molecule has 0 unspecified atom stereocenters. The van der Waals surface area contributed by atoms with Crippen LogP contribution in [0.3, 0.4) is 0 Å². The Bertz CT molecular complexity index is 136. The zero-order valence-electron chi connectivity index (χ0n) is 5.20. The van der Waals surface area contributed by atoms with E-state index < -0.39 is 0 Å². The Morgan fingerprint density at radius 1 is 1.78 bits per heavy atom. The van der Waals surface area contributed by atoms with Crippen LogP contribution in [0.4, 0.5) is 0 Å². The van der Waals surface area contributed by atoms with Crippen LogP contribution in [0, 0.1) is 0 Å². The van der Waals surface area contributed by atoms with E-state index in [1.165, 1.54) is 17.4 Å². The van der Waals surface area contributed by atoms with E-state index in [0.717, 1.165) is 0 Å². The van der Waals surface area contributed by atoms with Gasteiger partial charge in [-0.1, -0.05) is 0 Å². The molecule has 2 N–H and O–H groups in total. The van der Waals surface area contributed by atoms with E-state index in [2.05, 4.69) is 15.5 Å². The minimum absolute atomic E-state index is 0.128. The fraction of sp³-hybridized carbons (Fsp3) is 0.667. The molecule has 1 heterocycles. The summed E-state index contributed by atoms with van der Waals surface area (Å²) in [6.45, 7) is 0. The van der Waals surface area contributed by atoms with E-state index in [4.69, 9.17) is 5.11 Å². The zero-order chi connectivity index (χ0) is 6.85. The lowest BCUT2D eigenvalue weighted by molar-refractivity contribution is -0.257. The molecule has 1 rings (SSSR count). The van der Waals surface area contributed by atoms with Crippen molar-refractivity contribution in [3.63, 3.8) is 0 Å². The molecule has 1 aliphatic heterocycles. The third kappa shape index (κ3) is 0.889. The number of hydrazone groups is 1. The second kappa shape index (κ2) is 2.08. The first-order valence-corrected chi connectivity index (χ1v) is 2.36. The third-order valence-corrected chi connectivity index (χ3v) is 0.970. The highest BCUT2D eigenvalue weighted by molar-refractivity contribution is 5.70. The van der Waals surface area contributed by atoms with E-state index in [0.29, 0.717) is 0 Å². The summed E-state index contributed by atoms with van der Waals surface area (Å²) in [6.07, 6.45) is 0. The number of amidine groups is 1. The molecule has 0 aromatic rings. The SMILES string of the molecule is CON1NN=C(O)N1C.